The van der Waals surface area contributed by atoms with Gasteiger partial charge in [-0.1, -0.05) is 31.5 Å². The number of aliphatic hydroxyl groups is 1. The molecule has 160 valence electrons. The summed E-state index contributed by atoms with van der Waals surface area (Å²) in [6, 6.07) is 10.4. The van der Waals surface area contributed by atoms with E-state index in [0.29, 0.717) is 48.8 Å². The molecule has 2 aliphatic rings. The quantitative estimate of drug-likeness (QED) is 0.615. The molecule has 7 heteroatoms. The minimum Gasteiger partial charge on any atom is -0.507 e. The topological polar surface area (TPSA) is 88.5 Å². The Kier molecular flexibility index (Phi) is 5.83. The van der Waals surface area contributed by atoms with Gasteiger partial charge in [-0.25, -0.2) is 0 Å². The van der Waals surface area contributed by atoms with E-state index in [1.54, 1.807) is 11.0 Å². The van der Waals surface area contributed by atoms with Crippen LogP contribution in [-0.4, -0.2) is 49.3 Å². The summed E-state index contributed by atoms with van der Waals surface area (Å²) < 4.78 is 16.4. The van der Waals surface area contributed by atoms with Gasteiger partial charge in [0.2, 0.25) is 12.7 Å². The number of benzene rings is 2. The first-order valence-corrected chi connectivity index (χ1v) is 10.4. The summed E-state index contributed by atoms with van der Waals surface area (Å²) in [5.41, 5.74) is 0.319. The molecule has 4 rings (SSSR count). The van der Waals surface area contributed by atoms with Crippen LogP contribution in [0.4, 0.5) is 5.69 Å². The third-order valence-corrected chi connectivity index (χ3v) is 5.77. The highest BCUT2D eigenvalue weighted by atomic mass is 16.7. The van der Waals surface area contributed by atoms with Crippen LogP contribution in [0.3, 0.4) is 0 Å². The van der Waals surface area contributed by atoms with Crippen molar-refractivity contribution < 1.29 is 29.2 Å². The van der Waals surface area contributed by atoms with E-state index in [2.05, 4.69) is 6.92 Å². The predicted molar refractivity (Wildman–Crippen MR) is 111 cm³/mol. The number of anilines is 1. The van der Waals surface area contributed by atoms with Crippen molar-refractivity contribution in [3.63, 3.8) is 0 Å². The molecule has 2 heterocycles. The number of phenols is 1. The standard InChI is InChI=1S/C23H27NO6/c1-2-3-10-28-11-6-9-24-18-8-5-4-7-16(18)23(14-25,22(24)27)17-12-20-21(13-19(17)26)30-15-29-20/h4-5,7-8,12-13,25-26H,2-3,6,9-11,14-15H2,1H3. The predicted octanol–water partition coefficient (Wildman–Crippen LogP) is 2.95. The van der Waals surface area contributed by atoms with Gasteiger partial charge in [-0.3, -0.25) is 4.79 Å². The van der Waals surface area contributed by atoms with Crippen molar-refractivity contribution in [2.24, 2.45) is 0 Å². The molecule has 1 unspecified atom stereocenters. The second-order valence-electron chi connectivity index (χ2n) is 7.58. The Balaban J connectivity index is 1.67. The van der Waals surface area contributed by atoms with Crippen molar-refractivity contribution in [3.05, 3.63) is 47.5 Å². The molecule has 0 aliphatic carbocycles. The molecule has 30 heavy (non-hydrogen) atoms. The van der Waals surface area contributed by atoms with Gasteiger partial charge in [0.15, 0.2) is 11.5 Å². The lowest BCUT2D eigenvalue weighted by atomic mass is 9.75. The number of aromatic hydroxyl groups is 1. The Morgan fingerprint density at radius 1 is 1.10 bits per heavy atom. The fourth-order valence-corrected chi connectivity index (χ4v) is 4.19. The number of nitrogens with zero attached hydrogens (tertiary/aromatic N) is 1. The number of hydrogen-bond donors (Lipinski definition) is 2. The molecular formula is C23H27NO6. The van der Waals surface area contributed by atoms with Crippen LogP contribution in [0.1, 0.15) is 37.3 Å². The average molecular weight is 413 g/mol. The molecule has 2 aliphatic heterocycles. The highest BCUT2D eigenvalue weighted by Gasteiger charge is 2.53. The lowest BCUT2D eigenvalue weighted by Gasteiger charge is -2.28. The third kappa shape index (κ3) is 3.28. The number of phenolic OH excluding ortho intramolecular Hbond substituents is 1. The van der Waals surface area contributed by atoms with Gasteiger partial charge in [0.1, 0.15) is 11.2 Å². The largest absolute Gasteiger partial charge is 0.507 e. The van der Waals surface area contributed by atoms with Crippen LogP contribution in [0.15, 0.2) is 36.4 Å². The molecule has 0 saturated carbocycles. The van der Waals surface area contributed by atoms with Crippen molar-refractivity contribution in [3.8, 4) is 17.2 Å². The van der Waals surface area contributed by atoms with E-state index in [9.17, 15) is 15.0 Å². The maximum absolute atomic E-state index is 13.7. The number of carbonyl (C=O) groups is 1. The molecule has 2 aromatic carbocycles. The van der Waals surface area contributed by atoms with Gasteiger partial charge in [-0.2, -0.15) is 0 Å². The SMILES string of the molecule is CCCCOCCCN1C(=O)C(CO)(c2cc3c(cc2O)OCO3)c2ccccc21. The number of rotatable bonds is 9. The second-order valence-corrected chi connectivity index (χ2v) is 7.58. The molecule has 7 nitrogen and oxygen atoms in total. The van der Waals surface area contributed by atoms with E-state index in [1.807, 2.05) is 24.3 Å². The Labute approximate surface area is 175 Å². The Morgan fingerprint density at radius 2 is 1.83 bits per heavy atom. The summed E-state index contributed by atoms with van der Waals surface area (Å²) in [4.78, 5) is 15.4. The van der Waals surface area contributed by atoms with Crippen molar-refractivity contribution >= 4 is 11.6 Å². The zero-order chi connectivity index (χ0) is 21.1. The highest BCUT2D eigenvalue weighted by Crippen LogP contribution is 2.51. The van der Waals surface area contributed by atoms with Gasteiger partial charge in [0.05, 0.1) is 6.61 Å². The van der Waals surface area contributed by atoms with Crippen LogP contribution < -0.4 is 14.4 Å². The monoisotopic (exact) mass is 413 g/mol. The normalized spacial score (nSPS) is 19.4. The van der Waals surface area contributed by atoms with E-state index in [4.69, 9.17) is 14.2 Å². The fourth-order valence-electron chi connectivity index (χ4n) is 4.19. The van der Waals surface area contributed by atoms with Gasteiger partial charge in [-0.05, 0) is 30.5 Å². The molecule has 0 bridgehead atoms. The lowest BCUT2D eigenvalue weighted by molar-refractivity contribution is -0.123. The Hall–Kier alpha value is -2.77. The maximum Gasteiger partial charge on any atom is 0.244 e. The summed E-state index contributed by atoms with van der Waals surface area (Å²) in [5.74, 6) is 0.489. The van der Waals surface area contributed by atoms with E-state index >= 15 is 0 Å². The van der Waals surface area contributed by atoms with Crippen LogP contribution in [0, 0.1) is 0 Å². The molecule has 1 amide bonds. The van der Waals surface area contributed by atoms with E-state index in [0.717, 1.165) is 18.5 Å². The smallest absolute Gasteiger partial charge is 0.244 e. The van der Waals surface area contributed by atoms with Crippen molar-refractivity contribution in [2.45, 2.75) is 31.6 Å². The molecule has 0 fully saturated rings. The lowest BCUT2D eigenvalue weighted by Crippen LogP contribution is -2.44. The summed E-state index contributed by atoms with van der Waals surface area (Å²) >= 11 is 0. The zero-order valence-corrected chi connectivity index (χ0v) is 17.1. The average Bonchev–Trinajstić information content (AvgIpc) is 3.30. The van der Waals surface area contributed by atoms with E-state index < -0.39 is 12.0 Å². The van der Waals surface area contributed by atoms with Gasteiger partial charge in [-0.15, -0.1) is 0 Å². The van der Waals surface area contributed by atoms with Crippen LogP contribution in [0.25, 0.3) is 0 Å². The molecule has 0 aromatic heterocycles. The van der Waals surface area contributed by atoms with Crippen LogP contribution >= 0.6 is 0 Å². The van der Waals surface area contributed by atoms with Gasteiger partial charge in [0.25, 0.3) is 0 Å². The molecule has 1 atom stereocenters. The highest BCUT2D eigenvalue weighted by molar-refractivity contribution is 6.11. The summed E-state index contributed by atoms with van der Waals surface area (Å²) in [6.45, 7) is 3.44. The van der Waals surface area contributed by atoms with Crippen molar-refractivity contribution in [2.75, 3.05) is 38.1 Å². The third-order valence-electron chi connectivity index (χ3n) is 5.77. The Morgan fingerprint density at radius 3 is 2.60 bits per heavy atom. The fraction of sp³-hybridized carbons (Fsp3) is 0.435. The second kappa shape index (κ2) is 8.53. The minimum atomic E-state index is -1.40. The summed E-state index contributed by atoms with van der Waals surface area (Å²) in [7, 11) is 0. The van der Waals surface area contributed by atoms with Crippen molar-refractivity contribution in [1.29, 1.82) is 0 Å². The molecular weight excluding hydrogens is 386 g/mol. The molecule has 2 aromatic rings. The van der Waals surface area contributed by atoms with Gasteiger partial charge < -0.3 is 29.3 Å². The number of hydrogen-bond acceptors (Lipinski definition) is 6. The number of para-hydroxylation sites is 1. The molecule has 0 saturated heterocycles. The molecule has 0 spiro atoms. The zero-order valence-electron chi connectivity index (χ0n) is 17.1. The maximum atomic E-state index is 13.7. The minimum absolute atomic E-state index is 0.0546. The number of aliphatic hydroxyl groups excluding tert-OH is 1. The van der Waals surface area contributed by atoms with Crippen LogP contribution in [0.2, 0.25) is 0 Å². The first-order valence-electron chi connectivity index (χ1n) is 10.4. The van der Waals surface area contributed by atoms with Gasteiger partial charge in [0, 0.05) is 37.1 Å². The summed E-state index contributed by atoms with van der Waals surface area (Å²) in [6.07, 6.45) is 2.77. The number of carbonyl (C=O) groups excluding carboxylic acids is 1. The first-order chi connectivity index (χ1) is 14.6. The van der Waals surface area contributed by atoms with E-state index in [1.165, 1.54) is 6.07 Å². The van der Waals surface area contributed by atoms with E-state index in [-0.39, 0.29) is 18.4 Å². The number of amides is 1. The summed E-state index contributed by atoms with van der Waals surface area (Å²) in [5, 5.41) is 21.2. The Bertz CT molecular complexity index is 930. The van der Waals surface area contributed by atoms with Crippen LogP contribution in [-0.2, 0) is 14.9 Å². The van der Waals surface area contributed by atoms with Crippen molar-refractivity contribution in [1.82, 2.24) is 0 Å². The molecule has 0 radical (unpaired) electrons. The first kappa shape index (κ1) is 20.5. The number of unbranched alkanes of at least 4 members (excludes halogenated alkanes) is 1. The van der Waals surface area contributed by atoms with Gasteiger partial charge >= 0.3 is 0 Å². The number of fused-ring (bicyclic) bond motifs is 2. The van der Waals surface area contributed by atoms with Crippen LogP contribution in [0.5, 0.6) is 17.2 Å². The number of ether oxygens (including phenoxy) is 3. The molecule has 2 N–H and O–H groups in total.